The van der Waals surface area contributed by atoms with E-state index in [2.05, 4.69) is 103 Å². The number of hydrogen-bond acceptors (Lipinski definition) is 6. The number of aliphatic hydroxyl groups is 1. The molecule has 0 radical (unpaired) electrons. The number of amides is 1. The Hall–Kier alpha value is -1.51. The molecule has 2 rings (SSSR count). The lowest BCUT2D eigenvalue weighted by Crippen LogP contribution is -2.34. The maximum absolute atomic E-state index is 8.94. The van der Waals surface area contributed by atoms with E-state index in [0.29, 0.717) is 12.5 Å². The van der Waals surface area contributed by atoms with E-state index in [9.17, 15) is 0 Å². The van der Waals surface area contributed by atoms with Crippen LogP contribution < -0.4 is 0 Å². The summed E-state index contributed by atoms with van der Waals surface area (Å²) in [5.41, 5.74) is 4.33. The highest BCUT2D eigenvalue weighted by atomic mass is 32.2. The van der Waals surface area contributed by atoms with Crippen LogP contribution in [0, 0.1) is 0 Å². The predicted octanol–water partition coefficient (Wildman–Crippen LogP) is 10.3. The van der Waals surface area contributed by atoms with Gasteiger partial charge in [-0.2, -0.15) is 0 Å². The van der Waals surface area contributed by atoms with Crippen molar-refractivity contribution in [1.29, 1.82) is 0 Å². The van der Waals surface area contributed by atoms with E-state index < -0.39 is 0 Å². The molecule has 0 spiro atoms. The number of fused-ring (bicyclic) bond motifs is 1. The van der Waals surface area contributed by atoms with E-state index in [1.807, 2.05) is 53.3 Å². The molecule has 1 aliphatic rings. The van der Waals surface area contributed by atoms with Crippen LogP contribution >= 0.6 is 11.8 Å². The molecular formula is C36H72N2O4S. The Labute approximate surface area is 273 Å². The fourth-order valence-electron chi connectivity index (χ4n) is 4.09. The molecule has 0 saturated heterocycles. The number of benzene rings is 1. The van der Waals surface area contributed by atoms with E-state index in [0.717, 1.165) is 33.1 Å². The normalized spacial score (nSPS) is 15.2. The van der Waals surface area contributed by atoms with Crippen molar-refractivity contribution in [3.05, 3.63) is 45.9 Å². The second-order valence-corrected chi connectivity index (χ2v) is 10.3. The van der Waals surface area contributed by atoms with Crippen molar-refractivity contribution in [3.63, 3.8) is 0 Å². The number of thioether (sulfide) groups is 1. The number of aliphatic imine (C=N–C) groups is 1. The van der Waals surface area contributed by atoms with Crippen LogP contribution in [0.15, 0.2) is 39.7 Å². The van der Waals surface area contributed by atoms with Crippen molar-refractivity contribution in [2.45, 2.75) is 147 Å². The molecule has 2 atom stereocenters. The highest BCUT2D eigenvalue weighted by Gasteiger charge is 2.37. The molecule has 6 nitrogen and oxygen atoms in total. The monoisotopic (exact) mass is 629 g/mol. The number of carbonyl (C=O) groups is 1. The van der Waals surface area contributed by atoms with Gasteiger partial charge < -0.3 is 14.6 Å². The Morgan fingerprint density at radius 3 is 2.05 bits per heavy atom. The van der Waals surface area contributed by atoms with Gasteiger partial charge in [-0.3, -0.25) is 9.69 Å². The number of hydrogen-bond donors (Lipinski definition) is 1. The second kappa shape index (κ2) is 36.7. The third-order valence-electron chi connectivity index (χ3n) is 6.37. The molecule has 256 valence electrons. The summed E-state index contributed by atoms with van der Waals surface area (Å²) >= 11 is 1.85. The Morgan fingerprint density at radius 1 is 1.12 bits per heavy atom. The SMILES string of the molecule is C=NC=O.CC.CC.CC.CCCC1(CC)OCc2ccccc21.CO.CS/C(C)=C(\C)CCCN(C)C(C)OC(C)C. The Balaban J connectivity index is -0.000000166. The average molecular weight is 629 g/mol. The van der Waals surface area contributed by atoms with Crippen molar-refractivity contribution < 1.29 is 19.4 Å². The summed E-state index contributed by atoms with van der Waals surface area (Å²) in [6.07, 6.45) is 8.83. The third kappa shape index (κ3) is 24.5. The molecule has 1 aromatic rings. The molecule has 1 N–H and O–H groups in total. The first-order valence-corrected chi connectivity index (χ1v) is 17.5. The zero-order chi connectivity index (χ0) is 34.9. The van der Waals surface area contributed by atoms with Gasteiger partial charge in [0.05, 0.1) is 18.3 Å². The fourth-order valence-corrected chi connectivity index (χ4v) is 4.54. The smallest absolute Gasteiger partial charge is 0.232 e. The topological polar surface area (TPSA) is 71.4 Å². The number of ether oxygens (including phenoxy) is 2. The summed E-state index contributed by atoms with van der Waals surface area (Å²) in [7, 11) is 3.13. The maximum atomic E-state index is 8.94. The summed E-state index contributed by atoms with van der Waals surface area (Å²) in [5.74, 6) is 0. The van der Waals surface area contributed by atoms with Gasteiger partial charge in [0.15, 0.2) is 0 Å². The molecule has 1 heterocycles. The van der Waals surface area contributed by atoms with Gasteiger partial charge in [0.1, 0.15) is 6.23 Å². The fraction of sp³-hybridized carbons (Fsp3) is 0.722. The zero-order valence-corrected chi connectivity index (χ0v) is 32.0. The molecule has 43 heavy (non-hydrogen) atoms. The van der Waals surface area contributed by atoms with E-state index in [1.54, 1.807) is 0 Å². The second-order valence-electron chi connectivity index (χ2n) is 9.24. The molecule has 0 aromatic heterocycles. The highest BCUT2D eigenvalue weighted by Crippen LogP contribution is 2.42. The van der Waals surface area contributed by atoms with Crippen LogP contribution in [0.5, 0.6) is 0 Å². The van der Waals surface area contributed by atoms with Crippen LogP contribution in [-0.2, 0) is 26.5 Å². The minimum Gasteiger partial charge on any atom is -0.400 e. The Kier molecular flexibility index (Phi) is 43.6. The van der Waals surface area contributed by atoms with Gasteiger partial charge in [0.25, 0.3) is 0 Å². The molecule has 1 aromatic carbocycles. The van der Waals surface area contributed by atoms with Crippen LogP contribution in [-0.4, -0.2) is 62.4 Å². The van der Waals surface area contributed by atoms with E-state index >= 15 is 0 Å². The highest BCUT2D eigenvalue weighted by molar-refractivity contribution is 8.02. The molecule has 1 amide bonds. The molecule has 7 heteroatoms. The number of nitrogens with zero attached hydrogens (tertiary/aromatic N) is 2. The standard InChI is InChI=1S/C14H29NOS.C13H18O.C2H3NO.3C2H6.CH4O/c1-11(2)16-14(5)15(6)10-8-9-12(3)13(4)17-7;1-3-9-13(4-2)12-8-6-5-7-11(12)10-14-13;1-3-2-4;4*1-2/h11,14H,8-10H2,1-7H3;5-8H,3-4,9-10H2,1-2H3;2H,1H2;3*1-2H3;2H,1H3/b13-12+;;;;;;. The first-order chi connectivity index (χ1) is 20.6. The van der Waals surface area contributed by atoms with Gasteiger partial charge in [-0.05, 0) is 96.4 Å². The minimum absolute atomic E-state index is 0.0192. The van der Waals surface area contributed by atoms with Gasteiger partial charge in [0.2, 0.25) is 6.41 Å². The zero-order valence-electron chi connectivity index (χ0n) is 31.2. The minimum atomic E-state index is 0.0192. The first kappa shape index (κ1) is 51.1. The molecule has 0 aliphatic carbocycles. The lowest BCUT2D eigenvalue weighted by Gasteiger charge is -2.27. The summed E-state index contributed by atoms with van der Waals surface area (Å²) in [6.45, 7) is 31.9. The summed E-state index contributed by atoms with van der Waals surface area (Å²) in [6, 6.07) is 8.62. The van der Waals surface area contributed by atoms with Crippen molar-refractivity contribution in [2.75, 3.05) is 27.0 Å². The van der Waals surface area contributed by atoms with Crippen LogP contribution in [0.1, 0.15) is 133 Å². The lowest BCUT2D eigenvalue weighted by molar-refractivity contribution is -0.106. The summed E-state index contributed by atoms with van der Waals surface area (Å²) in [4.78, 5) is 15.5. The largest absolute Gasteiger partial charge is 0.400 e. The summed E-state index contributed by atoms with van der Waals surface area (Å²) in [5, 5.41) is 7.00. The van der Waals surface area contributed by atoms with E-state index in [-0.39, 0.29) is 11.8 Å². The van der Waals surface area contributed by atoms with Crippen molar-refractivity contribution in [2.24, 2.45) is 4.99 Å². The third-order valence-corrected chi connectivity index (χ3v) is 7.33. The number of aliphatic hydroxyl groups excluding tert-OH is 1. The van der Waals surface area contributed by atoms with Gasteiger partial charge >= 0.3 is 0 Å². The molecule has 0 saturated carbocycles. The predicted molar refractivity (Wildman–Crippen MR) is 195 cm³/mol. The molecule has 0 fully saturated rings. The van der Waals surface area contributed by atoms with Crippen LogP contribution in [0.25, 0.3) is 0 Å². The van der Waals surface area contributed by atoms with E-state index in [1.165, 1.54) is 40.9 Å². The van der Waals surface area contributed by atoms with Crippen molar-refractivity contribution in [1.82, 2.24) is 4.90 Å². The average Bonchev–Trinajstić information content (AvgIpc) is 3.43. The quantitative estimate of drug-likeness (QED) is 0.141. The van der Waals surface area contributed by atoms with E-state index in [4.69, 9.17) is 19.4 Å². The van der Waals surface area contributed by atoms with Gasteiger partial charge in [-0.1, -0.05) is 91.6 Å². The maximum Gasteiger partial charge on any atom is 0.232 e. The Morgan fingerprint density at radius 2 is 1.63 bits per heavy atom. The van der Waals surface area contributed by atoms with Gasteiger partial charge in [-0.25, -0.2) is 4.99 Å². The molecule has 1 aliphatic heterocycles. The van der Waals surface area contributed by atoms with Gasteiger partial charge in [-0.15, -0.1) is 11.8 Å². The Bertz CT molecular complexity index is 761. The lowest BCUT2D eigenvalue weighted by atomic mass is 9.86. The van der Waals surface area contributed by atoms with Crippen LogP contribution in [0.2, 0.25) is 0 Å². The first-order valence-electron chi connectivity index (χ1n) is 16.2. The van der Waals surface area contributed by atoms with Crippen molar-refractivity contribution >= 4 is 24.9 Å². The molecule has 2 unspecified atom stereocenters. The van der Waals surface area contributed by atoms with Crippen molar-refractivity contribution in [3.8, 4) is 0 Å². The molecular weight excluding hydrogens is 556 g/mol. The van der Waals surface area contributed by atoms with Crippen LogP contribution in [0.4, 0.5) is 0 Å². The van der Waals surface area contributed by atoms with Gasteiger partial charge in [0, 0.05) is 13.7 Å². The number of allylic oxidation sites excluding steroid dienone is 2. The molecule has 0 bridgehead atoms. The summed E-state index contributed by atoms with van der Waals surface area (Å²) < 4.78 is 11.7. The number of rotatable bonds is 12. The van der Waals surface area contributed by atoms with Crippen LogP contribution in [0.3, 0.4) is 0 Å². The number of carbonyl (C=O) groups excluding carboxylic acids is 1.